The van der Waals surface area contributed by atoms with Crippen LogP contribution in [-0.2, 0) is 14.3 Å². The molecule has 0 aromatic carbocycles. The van der Waals surface area contributed by atoms with Crippen molar-refractivity contribution in [3.8, 4) is 0 Å². The van der Waals surface area contributed by atoms with E-state index in [-0.39, 0.29) is 29.9 Å². The van der Waals surface area contributed by atoms with E-state index in [1.165, 1.54) is 32.4 Å². The van der Waals surface area contributed by atoms with E-state index in [4.69, 9.17) is 4.74 Å². The fourth-order valence-corrected chi connectivity index (χ4v) is 5.62. The van der Waals surface area contributed by atoms with Gasteiger partial charge in [-0.25, -0.2) is 0 Å². The maximum absolute atomic E-state index is 13.3. The summed E-state index contributed by atoms with van der Waals surface area (Å²) in [4.78, 5) is 32.0. The molecule has 2 amide bonds. The first-order chi connectivity index (χ1) is 13.7. The Bertz CT molecular complexity index is 549. The number of ether oxygens (including phenoxy) is 1. The molecule has 0 bridgehead atoms. The number of piperidine rings is 1. The summed E-state index contributed by atoms with van der Waals surface area (Å²) < 4.78 is 6.12. The topological polar surface area (TPSA) is 53.1 Å². The van der Waals surface area contributed by atoms with Crippen molar-refractivity contribution in [1.29, 1.82) is 0 Å². The van der Waals surface area contributed by atoms with Gasteiger partial charge in [-0.2, -0.15) is 0 Å². The zero-order valence-corrected chi connectivity index (χ0v) is 17.3. The number of rotatable bonds is 6. The lowest BCUT2D eigenvalue weighted by atomic mass is 9.82. The minimum atomic E-state index is 0.00269. The first-order valence-corrected chi connectivity index (χ1v) is 11.6. The molecule has 158 valence electrons. The van der Waals surface area contributed by atoms with Crippen molar-refractivity contribution < 1.29 is 14.3 Å². The van der Waals surface area contributed by atoms with Crippen LogP contribution in [0.25, 0.3) is 0 Å². The van der Waals surface area contributed by atoms with Gasteiger partial charge in [0.2, 0.25) is 11.8 Å². The Kier molecular flexibility index (Phi) is 6.89. The van der Waals surface area contributed by atoms with Crippen molar-refractivity contribution in [1.82, 2.24) is 14.7 Å². The molecule has 1 saturated carbocycles. The monoisotopic (exact) mass is 391 g/mol. The summed E-state index contributed by atoms with van der Waals surface area (Å²) in [6.45, 7) is 6.59. The maximum Gasteiger partial charge on any atom is 0.227 e. The Hall–Kier alpha value is -1.14. The molecule has 3 heterocycles. The number of carbonyl (C=O) groups excluding carboxylic acids is 2. The van der Waals surface area contributed by atoms with E-state index in [0.717, 1.165) is 71.3 Å². The van der Waals surface area contributed by atoms with E-state index in [1.807, 2.05) is 9.80 Å². The van der Waals surface area contributed by atoms with Crippen molar-refractivity contribution in [3.05, 3.63) is 0 Å². The second-order valence-corrected chi connectivity index (χ2v) is 9.12. The Morgan fingerprint density at radius 1 is 0.929 bits per heavy atom. The molecule has 4 rings (SSSR count). The van der Waals surface area contributed by atoms with E-state index < -0.39 is 0 Å². The third-order valence-corrected chi connectivity index (χ3v) is 7.22. The average Bonchev–Trinajstić information content (AvgIpc) is 3.37. The molecule has 0 aromatic heterocycles. The van der Waals surface area contributed by atoms with E-state index in [9.17, 15) is 9.59 Å². The Morgan fingerprint density at radius 2 is 1.75 bits per heavy atom. The van der Waals surface area contributed by atoms with Crippen LogP contribution in [0.5, 0.6) is 0 Å². The number of amides is 2. The van der Waals surface area contributed by atoms with Gasteiger partial charge in [0.05, 0.1) is 18.6 Å². The van der Waals surface area contributed by atoms with Gasteiger partial charge in [-0.3, -0.25) is 9.59 Å². The fourth-order valence-electron chi connectivity index (χ4n) is 5.62. The molecular formula is C22H37N3O3. The molecular weight excluding hydrogens is 354 g/mol. The molecule has 0 N–H and O–H groups in total. The van der Waals surface area contributed by atoms with Crippen LogP contribution in [-0.4, -0.2) is 84.5 Å². The number of hydrogen-bond donors (Lipinski definition) is 0. The first-order valence-electron chi connectivity index (χ1n) is 11.6. The minimum Gasteiger partial charge on any atom is -0.375 e. The zero-order valence-electron chi connectivity index (χ0n) is 17.3. The van der Waals surface area contributed by atoms with Crippen molar-refractivity contribution in [2.24, 2.45) is 5.92 Å². The number of hydrogen-bond acceptors (Lipinski definition) is 4. The summed E-state index contributed by atoms with van der Waals surface area (Å²) in [5.74, 6) is 0.527. The standard InChI is InChI=1S/C22H37N3O3/c26-21-9-6-13-25(21)20-8-3-2-7-19(20)22(27)24-14-10-18(17-24)28-16-15-23-11-4-1-5-12-23/h18-20H,1-17H2/t18?,19-,20+/m1/s1. The molecule has 1 aliphatic carbocycles. The second-order valence-electron chi connectivity index (χ2n) is 9.12. The lowest BCUT2D eigenvalue weighted by Crippen LogP contribution is -2.49. The fraction of sp³-hybridized carbons (Fsp3) is 0.909. The average molecular weight is 392 g/mol. The number of carbonyl (C=O) groups is 2. The van der Waals surface area contributed by atoms with Gasteiger partial charge >= 0.3 is 0 Å². The van der Waals surface area contributed by atoms with Crippen molar-refractivity contribution in [3.63, 3.8) is 0 Å². The summed E-state index contributed by atoms with van der Waals surface area (Å²) in [6, 6.07) is 0.135. The van der Waals surface area contributed by atoms with Gasteiger partial charge in [0, 0.05) is 38.6 Å². The van der Waals surface area contributed by atoms with E-state index in [2.05, 4.69) is 4.90 Å². The van der Waals surface area contributed by atoms with Crippen LogP contribution >= 0.6 is 0 Å². The zero-order chi connectivity index (χ0) is 19.3. The van der Waals surface area contributed by atoms with E-state index in [0.29, 0.717) is 6.42 Å². The Labute approximate surface area is 169 Å². The van der Waals surface area contributed by atoms with Gasteiger partial charge in [0.15, 0.2) is 0 Å². The molecule has 6 heteroatoms. The number of likely N-dealkylation sites (tertiary alicyclic amines) is 3. The molecule has 28 heavy (non-hydrogen) atoms. The largest absolute Gasteiger partial charge is 0.375 e. The third kappa shape index (κ3) is 4.70. The highest BCUT2D eigenvalue weighted by molar-refractivity contribution is 5.83. The normalized spacial score (nSPS) is 32.3. The predicted octanol–water partition coefficient (Wildman–Crippen LogP) is 2.27. The van der Waals surface area contributed by atoms with Crippen molar-refractivity contribution >= 4 is 11.8 Å². The highest BCUT2D eigenvalue weighted by Gasteiger charge is 2.41. The molecule has 1 unspecified atom stereocenters. The highest BCUT2D eigenvalue weighted by atomic mass is 16.5. The summed E-state index contributed by atoms with van der Waals surface area (Å²) in [6.07, 6.45) is 10.9. The smallest absolute Gasteiger partial charge is 0.227 e. The minimum absolute atomic E-state index is 0.00269. The van der Waals surface area contributed by atoms with Gasteiger partial charge in [-0.1, -0.05) is 19.3 Å². The van der Waals surface area contributed by atoms with Crippen LogP contribution in [0, 0.1) is 5.92 Å². The molecule has 0 radical (unpaired) electrons. The maximum atomic E-state index is 13.3. The Morgan fingerprint density at radius 3 is 2.54 bits per heavy atom. The lowest BCUT2D eigenvalue weighted by Gasteiger charge is -2.38. The van der Waals surface area contributed by atoms with Crippen LogP contribution in [0.2, 0.25) is 0 Å². The van der Waals surface area contributed by atoms with Gasteiger partial charge in [0.25, 0.3) is 0 Å². The van der Waals surface area contributed by atoms with Crippen LogP contribution in [0.1, 0.15) is 64.2 Å². The van der Waals surface area contributed by atoms with Crippen LogP contribution < -0.4 is 0 Å². The SMILES string of the molecule is O=C([C@@H]1CCCC[C@@H]1N1CCCC1=O)N1CCC(OCCN2CCCCC2)C1. The summed E-state index contributed by atoms with van der Waals surface area (Å²) in [5, 5.41) is 0. The molecule has 3 atom stereocenters. The molecule has 0 aromatic rings. The summed E-state index contributed by atoms with van der Waals surface area (Å²) in [5.41, 5.74) is 0. The predicted molar refractivity (Wildman–Crippen MR) is 108 cm³/mol. The number of nitrogens with zero attached hydrogens (tertiary/aromatic N) is 3. The molecule has 3 saturated heterocycles. The van der Waals surface area contributed by atoms with Crippen LogP contribution in [0.15, 0.2) is 0 Å². The molecule has 4 aliphatic rings. The lowest BCUT2D eigenvalue weighted by molar-refractivity contribution is -0.141. The molecule has 4 fully saturated rings. The Balaban J connectivity index is 1.25. The van der Waals surface area contributed by atoms with Crippen LogP contribution in [0.3, 0.4) is 0 Å². The summed E-state index contributed by atoms with van der Waals surface area (Å²) in [7, 11) is 0. The second kappa shape index (κ2) is 9.57. The molecule has 0 spiro atoms. The van der Waals surface area contributed by atoms with Gasteiger partial charge in [0.1, 0.15) is 0 Å². The van der Waals surface area contributed by atoms with E-state index in [1.54, 1.807) is 0 Å². The third-order valence-electron chi connectivity index (χ3n) is 7.22. The van der Waals surface area contributed by atoms with Crippen molar-refractivity contribution in [2.45, 2.75) is 76.4 Å². The highest BCUT2D eigenvalue weighted by Crippen LogP contribution is 2.33. The van der Waals surface area contributed by atoms with Crippen LogP contribution in [0.4, 0.5) is 0 Å². The van der Waals surface area contributed by atoms with Gasteiger partial charge in [-0.05, 0) is 51.6 Å². The van der Waals surface area contributed by atoms with Crippen molar-refractivity contribution in [2.75, 3.05) is 45.9 Å². The quantitative estimate of drug-likeness (QED) is 0.697. The summed E-state index contributed by atoms with van der Waals surface area (Å²) >= 11 is 0. The molecule has 6 nitrogen and oxygen atoms in total. The van der Waals surface area contributed by atoms with Gasteiger partial charge < -0.3 is 19.4 Å². The molecule has 3 aliphatic heterocycles. The van der Waals surface area contributed by atoms with Gasteiger partial charge in [-0.15, -0.1) is 0 Å². The van der Waals surface area contributed by atoms with E-state index >= 15 is 0 Å². The first kappa shape index (κ1) is 20.1.